The van der Waals surface area contributed by atoms with Gasteiger partial charge in [-0.05, 0) is 18.4 Å². The van der Waals surface area contributed by atoms with E-state index in [9.17, 15) is 9.18 Å². The van der Waals surface area contributed by atoms with E-state index in [4.69, 9.17) is 10.6 Å². The van der Waals surface area contributed by atoms with Gasteiger partial charge < -0.3 is 10.0 Å². The van der Waals surface area contributed by atoms with Crippen molar-refractivity contribution < 1.29 is 14.3 Å². The van der Waals surface area contributed by atoms with E-state index in [0.29, 0.717) is 13.0 Å². The molecule has 1 aliphatic rings. The van der Waals surface area contributed by atoms with Crippen molar-refractivity contribution in [1.29, 1.82) is 0 Å². The van der Waals surface area contributed by atoms with Crippen LogP contribution >= 0.6 is 0 Å². The van der Waals surface area contributed by atoms with E-state index in [1.54, 1.807) is 0 Å². The van der Waals surface area contributed by atoms with Gasteiger partial charge in [-0.2, -0.15) is 0 Å². The second-order valence-corrected chi connectivity index (χ2v) is 3.35. The third-order valence-electron chi connectivity index (χ3n) is 2.21. The monoisotopic (exact) mass is 202 g/mol. The highest BCUT2D eigenvalue weighted by Crippen LogP contribution is 2.25. The molecule has 7 heteroatoms. The molecule has 0 spiro atoms. The Morgan fingerprint density at radius 2 is 2.50 bits per heavy atom. The number of halogens is 1. The van der Waals surface area contributed by atoms with E-state index in [1.165, 1.54) is 0 Å². The zero-order valence-electron chi connectivity index (χ0n) is 7.56. The number of piperidine rings is 1. The SMILES string of the molecule is [N-]=[N+]=NC[C@]1(F)CCCN(C(=O)O)C1. The lowest BCUT2D eigenvalue weighted by atomic mass is 9.95. The average molecular weight is 202 g/mol. The minimum Gasteiger partial charge on any atom is -0.465 e. The van der Waals surface area contributed by atoms with Gasteiger partial charge in [-0.3, -0.25) is 0 Å². The molecular formula is C7H11FN4O2. The Morgan fingerprint density at radius 1 is 1.79 bits per heavy atom. The van der Waals surface area contributed by atoms with Gasteiger partial charge in [-0.1, -0.05) is 5.11 Å². The lowest BCUT2D eigenvalue weighted by Crippen LogP contribution is -2.48. The number of amides is 1. The topological polar surface area (TPSA) is 89.3 Å². The Labute approximate surface area is 79.9 Å². The van der Waals surface area contributed by atoms with Crippen molar-refractivity contribution in [2.45, 2.75) is 18.5 Å². The number of nitrogens with zero attached hydrogens (tertiary/aromatic N) is 4. The van der Waals surface area contributed by atoms with Gasteiger partial charge in [-0.25, -0.2) is 9.18 Å². The largest absolute Gasteiger partial charge is 0.465 e. The van der Waals surface area contributed by atoms with Crippen molar-refractivity contribution in [3.8, 4) is 0 Å². The molecule has 14 heavy (non-hydrogen) atoms. The van der Waals surface area contributed by atoms with Crippen molar-refractivity contribution in [2.24, 2.45) is 5.11 Å². The third-order valence-corrected chi connectivity index (χ3v) is 2.21. The molecule has 0 aromatic carbocycles. The number of likely N-dealkylation sites (tertiary alicyclic amines) is 1. The van der Waals surface area contributed by atoms with Gasteiger partial charge in [0.2, 0.25) is 0 Å². The minimum atomic E-state index is -1.69. The normalized spacial score (nSPS) is 26.8. The summed E-state index contributed by atoms with van der Waals surface area (Å²) in [6.07, 6.45) is -0.424. The highest BCUT2D eigenvalue weighted by molar-refractivity contribution is 5.65. The fourth-order valence-corrected chi connectivity index (χ4v) is 1.54. The molecule has 0 aliphatic carbocycles. The zero-order valence-corrected chi connectivity index (χ0v) is 7.56. The molecule has 0 saturated carbocycles. The van der Waals surface area contributed by atoms with Crippen LogP contribution in [-0.4, -0.2) is 41.4 Å². The van der Waals surface area contributed by atoms with Crippen molar-refractivity contribution >= 4 is 6.09 Å². The Balaban J connectivity index is 2.61. The van der Waals surface area contributed by atoms with Gasteiger partial charge in [0.25, 0.3) is 0 Å². The summed E-state index contributed by atoms with van der Waals surface area (Å²) in [5.74, 6) is 0. The molecule has 1 aliphatic heterocycles. The maximum Gasteiger partial charge on any atom is 0.407 e. The van der Waals surface area contributed by atoms with Crippen LogP contribution in [0.4, 0.5) is 9.18 Å². The number of alkyl halides is 1. The van der Waals surface area contributed by atoms with Crippen LogP contribution in [0.1, 0.15) is 12.8 Å². The molecule has 0 aromatic rings. The first kappa shape index (κ1) is 10.6. The van der Waals surface area contributed by atoms with Crippen LogP contribution in [-0.2, 0) is 0 Å². The smallest absolute Gasteiger partial charge is 0.407 e. The second-order valence-electron chi connectivity index (χ2n) is 3.35. The summed E-state index contributed by atoms with van der Waals surface area (Å²) in [5.41, 5.74) is 6.36. The van der Waals surface area contributed by atoms with E-state index in [0.717, 1.165) is 4.90 Å². The van der Waals surface area contributed by atoms with Crippen LogP contribution in [0.25, 0.3) is 10.4 Å². The molecule has 0 aromatic heterocycles. The molecule has 0 radical (unpaired) electrons. The number of carboxylic acid groups (broad SMARTS) is 1. The van der Waals surface area contributed by atoms with E-state index in [2.05, 4.69) is 10.0 Å². The maximum atomic E-state index is 13.8. The number of azide groups is 1. The zero-order chi connectivity index (χ0) is 10.6. The molecule has 78 valence electrons. The number of hydrogen-bond donors (Lipinski definition) is 1. The van der Waals surface area contributed by atoms with Crippen LogP contribution < -0.4 is 0 Å². The molecule has 1 heterocycles. The minimum absolute atomic E-state index is 0.207. The van der Waals surface area contributed by atoms with Crippen LogP contribution in [0, 0.1) is 0 Å². The van der Waals surface area contributed by atoms with Crippen molar-refractivity contribution in [3.63, 3.8) is 0 Å². The Morgan fingerprint density at radius 3 is 3.07 bits per heavy atom. The first-order chi connectivity index (χ1) is 6.57. The molecule has 1 amide bonds. The van der Waals surface area contributed by atoms with Crippen LogP contribution in [0.2, 0.25) is 0 Å². The van der Waals surface area contributed by atoms with Gasteiger partial charge in [0, 0.05) is 11.5 Å². The Kier molecular flexibility index (Phi) is 3.14. The summed E-state index contributed by atoms with van der Waals surface area (Å²) in [7, 11) is 0. The fourth-order valence-electron chi connectivity index (χ4n) is 1.54. The van der Waals surface area contributed by atoms with Gasteiger partial charge >= 0.3 is 6.09 Å². The fraction of sp³-hybridized carbons (Fsp3) is 0.857. The van der Waals surface area contributed by atoms with Crippen molar-refractivity contribution in [1.82, 2.24) is 4.90 Å². The van der Waals surface area contributed by atoms with E-state index < -0.39 is 11.8 Å². The first-order valence-electron chi connectivity index (χ1n) is 4.25. The van der Waals surface area contributed by atoms with E-state index in [1.807, 2.05) is 0 Å². The molecular weight excluding hydrogens is 191 g/mol. The summed E-state index contributed by atoms with van der Waals surface area (Å²) in [6, 6.07) is 0. The summed E-state index contributed by atoms with van der Waals surface area (Å²) in [4.78, 5) is 14.0. The average Bonchev–Trinajstić information content (AvgIpc) is 2.15. The second kappa shape index (κ2) is 4.15. The number of rotatable bonds is 2. The third kappa shape index (κ3) is 2.50. The highest BCUT2D eigenvalue weighted by atomic mass is 19.1. The molecule has 6 nitrogen and oxygen atoms in total. The van der Waals surface area contributed by atoms with Crippen molar-refractivity contribution in [2.75, 3.05) is 19.6 Å². The summed E-state index contributed by atoms with van der Waals surface area (Å²) < 4.78 is 13.8. The van der Waals surface area contributed by atoms with Gasteiger partial charge in [-0.15, -0.1) is 0 Å². The summed E-state index contributed by atoms with van der Waals surface area (Å²) in [5, 5.41) is 11.8. The molecule has 0 bridgehead atoms. The lowest BCUT2D eigenvalue weighted by Gasteiger charge is -2.34. The predicted molar refractivity (Wildman–Crippen MR) is 46.7 cm³/mol. The molecule has 1 atom stereocenters. The van der Waals surface area contributed by atoms with Gasteiger partial charge in [0.1, 0.15) is 5.67 Å². The molecule has 1 rings (SSSR count). The molecule has 1 fully saturated rings. The quantitative estimate of drug-likeness (QED) is 0.420. The van der Waals surface area contributed by atoms with Crippen LogP contribution in [0.3, 0.4) is 0 Å². The Bertz CT molecular complexity index is 279. The van der Waals surface area contributed by atoms with E-state index >= 15 is 0 Å². The number of hydrogen-bond acceptors (Lipinski definition) is 2. The molecule has 0 unspecified atom stereocenters. The van der Waals surface area contributed by atoms with Crippen molar-refractivity contribution in [3.05, 3.63) is 10.4 Å². The predicted octanol–water partition coefficient (Wildman–Crippen LogP) is 1.78. The maximum absolute atomic E-state index is 13.8. The molecule has 1 N–H and O–H groups in total. The van der Waals surface area contributed by atoms with Gasteiger partial charge in [0.15, 0.2) is 0 Å². The first-order valence-corrected chi connectivity index (χ1v) is 4.25. The summed E-state index contributed by atoms with van der Waals surface area (Å²) >= 11 is 0. The van der Waals surface area contributed by atoms with E-state index in [-0.39, 0.29) is 19.5 Å². The van der Waals surface area contributed by atoms with Crippen LogP contribution in [0.15, 0.2) is 5.11 Å². The van der Waals surface area contributed by atoms with Gasteiger partial charge in [0.05, 0.1) is 13.1 Å². The number of carbonyl (C=O) groups is 1. The lowest BCUT2D eigenvalue weighted by molar-refractivity contribution is 0.0511. The standard InChI is InChI=1S/C7H11FN4O2/c8-7(4-10-11-9)2-1-3-12(5-7)6(13)14/h1-5H2,(H,13,14)/t7-/m1/s1. The Hall–Kier alpha value is -1.49. The van der Waals surface area contributed by atoms with Crippen LogP contribution in [0.5, 0.6) is 0 Å². The highest BCUT2D eigenvalue weighted by Gasteiger charge is 2.36. The molecule has 1 saturated heterocycles. The summed E-state index contributed by atoms with van der Waals surface area (Å²) in [6.45, 7) is -0.161.